The van der Waals surface area contributed by atoms with Gasteiger partial charge in [0.25, 0.3) is 0 Å². The molecule has 0 saturated carbocycles. The maximum absolute atomic E-state index is 5.65. The average Bonchev–Trinajstić information content (AvgIpc) is 2.89. The first kappa shape index (κ1) is 11.7. The van der Waals surface area contributed by atoms with Gasteiger partial charge in [-0.1, -0.05) is 19.8 Å². The van der Waals surface area contributed by atoms with Crippen LogP contribution in [0.25, 0.3) is 11.4 Å². The summed E-state index contributed by atoms with van der Waals surface area (Å²) in [5.41, 5.74) is 1.08. The summed E-state index contributed by atoms with van der Waals surface area (Å²) >= 11 is 0. The second-order valence-corrected chi connectivity index (χ2v) is 4.02. The normalized spacial score (nSPS) is 10.4. The molecular formula is C14H18N2O. The number of imidazole rings is 1. The molecule has 2 rings (SSSR count). The lowest BCUT2D eigenvalue weighted by molar-refractivity contribution is 0.306. The minimum absolute atomic E-state index is 0.800. The fraction of sp³-hybridized carbons (Fsp3) is 0.357. The molecule has 3 heteroatoms. The number of H-pyrrole nitrogens is 1. The van der Waals surface area contributed by atoms with E-state index in [1.807, 2.05) is 30.5 Å². The number of rotatable bonds is 6. The molecule has 90 valence electrons. The number of nitrogens with zero attached hydrogens (tertiary/aromatic N) is 1. The van der Waals surface area contributed by atoms with Gasteiger partial charge in [-0.15, -0.1) is 0 Å². The molecule has 0 spiro atoms. The van der Waals surface area contributed by atoms with E-state index < -0.39 is 0 Å². The summed E-state index contributed by atoms with van der Waals surface area (Å²) in [6.07, 6.45) is 7.15. The van der Waals surface area contributed by atoms with E-state index in [4.69, 9.17) is 4.74 Å². The van der Waals surface area contributed by atoms with Crippen molar-refractivity contribution >= 4 is 0 Å². The van der Waals surface area contributed by atoms with E-state index in [2.05, 4.69) is 16.9 Å². The Morgan fingerprint density at radius 2 is 2.00 bits per heavy atom. The second-order valence-electron chi connectivity index (χ2n) is 4.02. The van der Waals surface area contributed by atoms with Crippen molar-refractivity contribution in [2.45, 2.75) is 26.2 Å². The van der Waals surface area contributed by atoms with Crippen LogP contribution in [0.15, 0.2) is 36.7 Å². The molecule has 0 fully saturated rings. The van der Waals surface area contributed by atoms with Gasteiger partial charge in [-0.05, 0) is 30.7 Å². The Hall–Kier alpha value is -1.77. The molecule has 0 saturated heterocycles. The third-order valence-electron chi connectivity index (χ3n) is 2.64. The number of unbranched alkanes of at least 4 members (excludes halogenated alkanes) is 2. The first-order valence-corrected chi connectivity index (χ1v) is 6.13. The third kappa shape index (κ3) is 3.34. The molecule has 17 heavy (non-hydrogen) atoms. The number of nitrogens with one attached hydrogen (secondary N) is 1. The van der Waals surface area contributed by atoms with Crippen molar-refractivity contribution in [1.82, 2.24) is 9.97 Å². The Bertz CT molecular complexity index is 420. The van der Waals surface area contributed by atoms with E-state index in [0.29, 0.717) is 0 Å². The van der Waals surface area contributed by atoms with Gasteiger partial charge in [-0.3, -0.25) is 0 Å². The minimum atomic E-state index is 0.800. The van der Waals surface area contributed by atoms with Gasteiger partial charge in [0, 0.05) is 18.0 Å². The van der Waals surface area contributed by atoms with Gasteiger partial charge in [-0.25, -0.2) is 4.98 Å². The quantitative estimate of drug-likeness (QED) is 0.769. The SMILES string of the molecule is CCCCCOc1ccc(-c2ncc[nH]2)cc1. The van der Waals surface area contributed by atoms with Crippen LogP contribution in [0.5, 0.6) is 5.75 Å². The van der Waals surface area contributed by atoms with Gasteiger partial charge in [0.1, 0.15) is 11.6 Å². The van der Waals surface area contributed by atoms with Crippen LogP contribution in [0, 0.1) is 0 Å². The topological polar surface area (TPSA) is 37.9 Å². The largest absolute Gasteiger partial charge is 0.494 e. The van der Waals surface area contributed by atoms with Crippen molar-refractivity contribution in [3.05, 3.63) is 36.7 Å². The lowest BCUT2D eigenvalue weighted by Gasteiger charge is -2.06. The Morgan fingerprint density at radius 1 is 1.18 bits per heavy atom. The minimum Gasteiger partial charge on any atom is -0.494 e. The molecule has 0 radical (unpaired) electrons. The second kappa shape index (κ2) is 6.09. The molecule has 1 N–H and O–H groups in total. The molecule has 0 bridgehead atoms. The molecule has 2 aromatic rings. The highest BCUT2D eigenvalue weighted by atomic mass is 16.5. The molecular weight excluding hydrogens is 212 g/mol. The van der Waals surface area contributed by atoms with E-state index in [0.717, 1.165) is 30.2 Å². The number of aromatic amines is 1. The molecule has 1 aromatic carbocycles. The van der Waals surface area contributed by atoms with E-state index in [-0.39, 0.29) is 0 Å². The fourth-order valence-electron chi connectivity index (χ4n) is 1.67. The van der Waals surface area contributed by atoms with Gasteiger partial charge in [0.05, 0.1) is 6.61 Å². The number of hydrogen-bond acceptors (Lipinski definition) is 2. The Balaban J connectivity index is 1.90. The standard InChI is InChI=1S/C14H18N2O/c1-2-3-4-11-17-13-7-5-12(6-8-13)14-15-9-10-16-14/h5-10H,2-4,11H2,1H3,(H,15,16). The summed E-state index contributed by atoms with van der Waals surface area (Å²) in [5.74, 6) is 1.82. The molecule has 0 aliphatic carbocycles. The third-order valence-corrected chi connectivity index (χ3v) is 2.64. The summed E-state index contributed by atoms with van der Waals surface area (Å²) in [5, 5.41) is 0. The Kier molecular flexibility index (Phi) is 4.19. The van der Waals surface area contributed by atoms with Crippen LogP contribution in [-0.2, 0) is 0 Å². The lowest BCUT2D eigenvalue weighted by atomic mass is 10.2. The highest BCUT2D eigenvalue weighted by Crippen LogP contribution is 2.19. The fourth-order valence-corrected chi connectivity index (χ4v) is 1.67. The Morgan fingerprint density at radius 3 is 2.65 bits per heavy atom. The molecule has 0 unspecified atom stereocenters. The summed E-state index contributed by atoms with van der Waals surface area (Å²) < 4.78 is 5.65. The van der Waals surface area contributed by atoms with Crippen LogP contribution in [0.2, 0.25) is 0 Å². The molecule has 1 heterocycles. The zero-order valence-corrected chi connectivity index (χ0v) is 10.1. The maximum atomic E-state index is 5.65. The van der Waals surface area contributed by atoms with Gasteiger partial charge in [0.15, 0.2) is 0 Å². The molecule has 0 atom stereocenters. The predicted octanol–water partition coefficient (Wildman–Crippen LogP) is 3.65. The lowest BCUT2D eigenvalue weighted by Crippen LogP contribution is -1.96. The first-order chi connectivity index (χ1) is 8.40. The van der Waals surface area contributed by atoms with Crippen molar-refractivity contribution in [2.75, 3.05) is 6.61 Å². The predicted molar refractivity (Wildman–Crippen MR) is 69.0 cm³/mol. The van der Waals surface area contributed by atoms with Crippen molar-refractivity contribution < 1.29 is 4.74 Å². The number of aromatic nitrogens is 2. The maximum Gasteiger partial charge on any atom is 0.137 e. The zero-order chi connectivity index (χ0) is 11.9. The van der Waals surface area contributed by atoms with Gasteiger partial charge >= 0.3 is 0 Å². The van der Waals surface area contributed by atoms with Crippen LogP contribution in [0.3, 0.4) is 0 Å². The summed E-state index contributed by atoms with van der Waals surface area (Å²) in [6, 6.07) is 8.02. The smallest absolute Gasteiger partial charge is 0.137 e. The molecule has 0 aliphatic heterocycles. The van der Waals surface area contributed by atoms with Crippen molar-refractivity contribution in [1.29, 1.82) is 0 Å². The van der Waals surface area contributed by atoms with E-state index >= 15 is 0 Å². The number of ether oxygens (including phenoxy) is 1. The van der Waals surface area contributed by atoms with E-state index in [9.17, 15) is 0 Å². The van der Waals surface area contributed by atoms with Crippen LogP contribution in [0.4, 0.5) is 0 Å². The average molecular weight is 230 g/mol. The number of benzene rings is 1. The molecule has 1 aromatic heterocycles. The van der Waals surface area contributed by atoms with Crippen LogP contribution >= 0.6 is 0 Å². The molecule has 0 amide bonds. The van der Waals surface area contributed by atoms with Crippen molar-refractivity contribution in [3.8, 4) is 17.1 Å². The summed E-state index contributed by atoms with van der Waals surface area (Å²) in [4.78, 5) is 7.29. The molecule has 3 nitrogen and oxygen atoms in total. The zero-order valence-electron chi connectivity index (χ0n) is 10.1. The van der Waals surface area contributed by atoms with E-state index in [1.165, 1.54) is 12.8 Å². The molecule has 0 aliphatic rings. The van der Waals surface area contributed by atoms with Crippen LogP contribution < -0.4 is 4.74 Å². The number of hydrogen-bond donors (Lipinski definition) is 1. The highest BCUT2D eigenvalue weighted by molar-refractivity contribution is 5.55. The van der Waals surface area contributed by atoms with Crippen LogP contribution in [-0.4, -0.2) is 16.6 Å². The first-order valence-electron chi connectivity index (χ1n) is 6.13. The Labute approximate surface area is 102 Å². The van der Waals surface area contributed by atoms with Gasteiger partial charge in [0.2, 0.25) is 0 Å². The van der Waals surface area contributed by atoms with Crippen molar-refractivity contribution in [2.24, 2.45) is 0 Å². The van der Waals surface area contributed by atoms with Crippen molar-refractivity contribution in [3.63, 3.8) is 0 Å². The summed E-state index contributed by atoms with van der Waals surface area (Å²) in [6.45, 7) is 2.99. The van der Waals surface area contributed by atoms with Gasteiger partial charge < -0.3 is 9.72 Å². The highest BCUT2D eigenvalue weighted by Gasteiger charge is 1.99. The van der Waals surface area contributed by atoms with E-state index in [1.54, 1.807) is 6.20 Å². The monoisotopic (exact) mass is 230 g/mol. The van der Waals surface area contributed by atoms with Gasteiger partial charge in [-0.2, -0.15) is 0 Å². The van der Waals surface area contributed by atoms with Crippen LogP contribution in [0.1, 0.15) is 26.2 Å². The summed E-state index contributed by atoms with van der Waals surface area (Å²) in [7, 11) is 0.